The summed E-state index contributed by atoms with van der Waals surface area (Å²) in [6, 6.07) is 8.03. The van der Waals surface area contributed by atoms with Crippen molar-refractivity contribution < 1.29 is 14.3 Å². The van der Waals surface area contributed by atoms with Crippen molar-refractivity contribution in [3.63, 3.8) is 0 Å². The summed E-state index contributed by atoms with van der Waals surface area (Å²) in [7, 11) is 1.34. The fourth-order valence-electron chi connectivity index (χ4n) is 2.11. The van der Waals surface area contributed by atoms with Crippen LogP contribution in [0.4, 0.5) is 0 Å². The molecule has 1 aromatic carbocycles. The Labute approximate surface area is 120 Å². The highest BCUT2D eigenvalue weighted by Gasteiger charge is 2.43. The molecule has 19 heavy (non-hydrogen) atoms. The Bertz CT molecular complexity index is 489. The van der Waals surface area contributed by atoms with Gasteiger partial charge in [0, 0.05) is 16.9 Å². The van der Waals surface area contributed by atoms with Gasteiger partial charge in [0.05, 0.1) is 13.5 Å². The summed E-state index contributed by atoms with van der Waals surface area (Å²) >= 11 is 3.43. The highest BCUT2D eigenvalue weighted by molar-refractivity contribution is 9.10. The van der Waals surface area contributed by atoms with Crippen molar-refractivity contribution in [2.45, 2.75) is 18.8 Å². The maximum absolute atomic E-state index is 11.9. The summed E-state index contributed by atoms with van der Waals surface area (Å²) in [5.41, 5.74) is 1.18. The van der Waals surface area contributed by atoms with Crippen molar-refractivity contribution in [3.8, 4) is 0 Å². The number of hydrogen-bond donors (Lipinski definition) is 1. The van der Waals surface area contributed by atoms with Crippen LogP contribution in [0, 0.1) is 5.92 Å². The van der Waals surface area contributed by atoms with Gasteiger partial charge in [-0.1, -0.05) is 28.1 Å². The molecular formula is C14H16BrNO3. The van der Waals surface area contributed by atoms with E-state index in [1.54, 1.807) is 0 Å². The lowest BCUT2D eigenvalue weighted by molar-refractivity contribution is -0.140. The molecule has 0 saturated heterocycles. The summed E-state index contributed by atoms with van der Waals surface area (Å²) in [6.07, 6.45) is 1.09. The molecule has 0 spiro atoms. The third-order valence-corrected chi connectivity index (χ3v) is 3.75. The minimum Gasteiger partial charge on any atom is -0.469 e. The molecule has 4 nitrogen and oxygen atoms in total. The fraction of sp³-hybridized carbons (Fsp3) is 0.429. The monoisotopic (exact) mass is 325 g/mol. The van der Waals surface area contributed by atoms with E-state index in [0.717, 1.165) is 10.9 Å². The van der Waals surface area contributed by atoms with Crippen molar-refractivity contribution in [3.05, 3.63) is 34.3 Å². The number of ether oxygens (including phenoxy) is 1. The minimum absolute atomic E-state index is 0.0221. The second kappa shape index (κ2) is 6.19. The van der Waals surface area contributed by atoms with Gasteiger partial charge in [-0.25, -0.2) is 0 Å². The molecular weight excluding hydrogens is 310 g/mol. The van der Waals surface area contributed by atoms with Crippen LogP contribution in [-0.2, 0) is 14.3 Å². The van der Waals surface area contributed by atoms with Crippen molar-refractivity contribution in [1.82, 2.24) is 5.32 Å². The number of halogens is 1. The first-order valence-electron chi connectivity index (χ1n) is 6.22. The number of nitrogens with one attached hydrogen (secondary N) is 1. The second-order valence-electron chi connectivity index (χ2n) is 4.62. The summed E-state index contributed by atoms with van der Waals surface area (Å²) in [4.78, 5) is 22.8. The zero-order valence-electron chi connectivity index (χ0n) is 10.7. The average Bonchev–Trinajstić information content (AvgIpc) is 3.18. The predicted octanol–water partition coefficient (Wildman–Crippen LogP) is 2.23. The van der Waals surface area contributed by atoms with Crippen LogP contribution in [0.2, 0.25) is 0 Å². The maximum Gasteiger partial charge on any atom is 0.307 e. The molecule has 1 amide bonds. The number of carbonyl (C=O) groups excluding carboxylic acids is 2. The van der Waals surface area contributed by atoms with Gasteiger partial charge >= 0.3 is 5.97 Å². The fourth-order valence-corrected chi connectivity index (χ4v) is 2.53. The van der Waals surface area contributed by atoms with E-state index in [1.165, 1.54) is 12.7 Å². The Morgan fingerprint density at radius 2 is 2.26 bits per heavy atom. The van der Waals surface area contributed by atoms with Crippen molar-refractivity contribution >= 4 is 27.8 Å². The Morgan fingerprint density at radius 1 is 1.47 bits per heavy atom. The van der Waals surface area contributed by atoms with Gasteiger partial charge in [0.1, 0.15) is 0 Å². The van der Waals surface area contributed by atoms with Crippen LogP contribution in [0.3, 0.4) is 0 Å². The summed E-state index contributed by atoms with van der Waals surface area (Å²) in [5.74, 6) is 0.0519. The first-order valence-corrected chi connectivity index (χ1v) is 7.01. The lowest BCUT2D eigenvalue weighted by Gasteiger charge is -2.04. The first kappa shape index (κ1) is 14.1. The lowest BCUT2D eigenvalue weighted by atomic mass is 10.1. The molecule has 1 N–H and O–H groups in total. The average molecular weight is 326 g/mol. The molecule has 1 aliphatic rings. The Kier molecular flexibility index (Phi) is 4.58. The van der Waals surface area contributed by atoms with Gasteiger partial charge < -0.3 is 10.1 Å². The Hall–Kier alpha value is -1.36. The highest BCUT2D eigenvalue weighted by Crippen LogP contribution is 2.47. The van der Waals surface area contributed by atoms with Crippen molar-refractivity contribution in [2.75, 3.05) is 13.7 Å². The quantitative estimate of drug-likeness (QED) is 0.844. The highest BCUT2D eigenvalue weighted by atomic mass is 79.9. The Morgan fingerprint density at radius 3 is 2.95 bits per heavy atom. The zero-order chi connectivity index (χ0) is 13.8. The molecule has 1 aliphatic carbocycles. The number of carbonyl (C=O) groups is 2. The molecule has 1 fully saturated rings. The number of esters is 1. The molecule has 0 aliphatic heterocycles. The van der Waals surface area contributed by atoms with E-state index in [2.05, 4.69) is 26.0 Å². The van der Waals surface area contributed by atoms with E-state index >= 15 is 0 Å². The summed E-state index contributed by atoms with van der Waals surface area (Å²) in [5, 5.41) is 2.77. The number of methoxy groups -OCH3 is 1. The summed E-state index contributed by atoms with van der Waals surface area (Å²) in [6.45, 7) is 0.340. The second-order valence-corrected chi connectivity index (χ2v) is 5.54. The zero-order valence-corrected chi connectivity index (χ0v) is 12.3. The standard InChI is InChI=1S/C14H16BrNO3/c1-19-13(17)5-6-16-14(18)12-8-11(12)9-3-2-4-10(15)7-9/h2-4,7,11-12H,5-6,8H2,1H3,(H,16,18)/t11-,12-/m0/s1. The normalized spacial score (nSPS) is 20.7. The molecule has 0 unspecified atom stereocenters. The van der Waals surface area contributed by atoms with Crippen LogP contribution >= 0.6 is 15.9 Å². The maximum atomic E-state index is 11.9. The Balaban J connectivity index is 1.79. The number of hydrogen-bond acceptors (Lipinski definition) is 3. The van der Waals surface area contributed by atoms with Crippen LogP contribution in [0.15, 0.2) is 28.7 Å². The molecule has 2 rings (SSSR count). The lowest BCUT2D eigenvalue weighted by Crippen LogP contribution is -2.28. The van der Waals surface area contributed by atoms with E-state index < -0.39 is 0 Å². The van der Waals surface area contributed by atoms with Crippen LogP contribution in [0.1, 0.15) is 24.3 Å². The van der Waals surface area contributed by atoms with Gasteiger partial charge in [0.15, 0.2) is 0 Å². The molecule has 1 aromatic rings. The van der Waals surface area contributed by atoms with Gasteiger partial charge in [-0.3, -0.25) is 9.59 Å². The van der Waals surface area contributed by atoms with Gasteiger partial charge in [-0.2, -0.15) is 0 Å². The molecule has 5 heteroatoms. The SMILES string of the molecule is COC(=O)CCNC(=O)[C@H]1C[C@H]1c1cccc(Br)c1. The molecule has 1 saturated carbocycles. The predicted molar refractivity (Wildman–Crippen MR) is 74.6 cm³/mol. The van der Waals surface area contributed by atoms with E-state index in [4.69, 9.17) is 0 Å². The molecule has 0 aromatic heterocycles. The number of rotatable bonds is 5. The molecule has 102 valence electrons. The topological polar surface area (TPSA) is 55.4 Å². The van der Waals surface area contributed by atoms with Crippen LogP contribution in [-0.4, -0.2) is 25.5 Å². The minimum atomic E-state index is -0.306. The number of benzene rings is 1. The van der Waals surface area contributed by atoms with Gasteiger partial charge in [-0.15, -0.1) is 0 Å². The van der Waals surface area contributed by atoms with Crippen LogP contribution < -0.4 is 5.32 Å². The van der Waals surface area contributed by atoms with E-state index in [0.29, 0.717) is 12.5 Å². The molecule has 0 radical (unpaired) electrons. The third kappa shape index (κ3) is 3.80. The van der Waals surface area contributed by atoms with Crippen LogP contribution in [0.25, 0.3) is 0 Å². The van der Waals surface area contributed by atoms with Crippen LogP contribution in [0.5, 0.6) is 0 Å². The molecule has 2 atom stereocenters. The van der Waals surface area contributed by atoms with Crippen molar-refractivity contribution in [1.29, 1.82) is 0 Å². The van der Waals surface area contributed by atoms with Gasteiger partial charge in [0.25, 0.3) is 0 Å². The number of amides is 1. The molecule has 0 bridgehead atoms. The van der Waals surface area contributed by atoms with Gasteiger partial charge in [0.2, 0.25) is 5.91 Å². The van der Waals surface area contributed by atoms with E-state index in [1.807, 2.05) is 24.3 Å². The van der Waals surface area contributed by atoms with Gasteiger partial charge in [-0.05, 0) is 30.0 Å². The first-order chi connectivity index (χ1) is 9.11. The largest absolute Gasteiger partial charge is 0.469 e. The van der Waals surface area contributed by atoms with Crippen molar-refractivity contribution in [2.24, 2.45) is 5.92 Å². The van der Waals surface area contributed by atoms with E-state index in [-0.39, 0.29) is 24.2 Å². The molecule has 0 heterocycles. The third-order valence-electron chi connectivity index (χ3n) is 3.26. The smallest absolute Gasteiger partial charge is 0.307 e. The van der Waals surface area contributed by atoms with E-state index in [9.17, 15) is 9.59 Å². The summed E-state index contributed by atoms with van der Waals surface area (Å²) < 4.78 is 5.55.